The SMILES string of the molecule is Cc1nn(Cc2cccnc2)c(C)c1C=O. The summed E-state index contributed by atoms with van der Waals surface area (Å²) in [5.41, 5.74) is 3.43. The molecule has 0 spiro atoms. The van der Waals surface area contributed by atoms with E-state index in [1.54, 1.807) is 12.4 Å². The van der Waals surface area contributed by atoms with Crippen molar-refractivity contribution in [2.24, 2.45) is 0 Å². The van der Waals surface area contributed by atoms with Crippen molar-refractivity contribution < 1.29 is 4.79 Å². The van der Waals surface area contributed by atoms with Gasteiger partial charge >= 0.3 is 0 Å². The zero-order valence-electron chi connectivity index (χ0n) is 9.34. The molecule has 2 heterocycles. The molecule has 4 nitrogen and oxygen atoms in total. The lowest BCUT2D eigenvalue weighted by atomic mass is 10.2. The molecule has 0 bridgehead atoms. The molecule has 0 aliphatic heterocycles. The number of aldehydes is 1. The lowest BCUT2D eigenvalue weighted by molar-refractivity contribution is 0.112. The average Bonchev–Trinajstić information content (AvgIpc) is 2.55. The average molecular weight is 215 g/mol. The minimum atomic E-state index is 0.647. The molecule has 4 heteroatoms. The van der Waals surface area contributed by atoms with Crippen LogP contribution in [0.25, 0.3) is 0 Å². The molecule has 0 aliphatic carbocycles. The number of aromatic nitrogens is 3. The van der Waals surface area contributed by atoms with E-state index in [2.05, 4.69) is 10.1 Å². The van der Waals surface area contributed by atoms with E-state index in [0.29, 0.717) is 12.1 Å². The third-order valence-corrected chi connectivity index (χ3v) is 2.61. The minimum absolute atomic E-state index is 0.647. The third kappa shape index (κ3) is 1.86. The number of carbonyl (C=O) groups excluding carboxylic acids is 1. The fourth-order valence-corrected chi connectivity index (χ4v) is 1.70. The molecule has 16 heavy (non-hydrogen) atoms. The maximum absolute atomic E-state index is 10.8. The van der Waals surface area contributed by atoms with Crippen LogP contribution in [-0.4, -0.2) is 21.1 Å². The summed E-state index contributed by atoms with van der Waals surface area (Å²) in [6, 6.07) is 3.88. The Hall–Kier alpha value is -1.97. The van der Waals surface area contributed by atoms with Crippen molar-refractivity contribution in [2.45, 2.75) is 20.4 Å². The van der Waals surface area contributed by atoms with Crippen LogP contribution in [0, 0.1) is 13.8 Å². The Morgan fingerprint density at radius 1 is 1.44 bits per heavy atom. The highest BCUT2D eigenvalue weighted by Crippen LogP contribution is 2.11. The molecule has 0 unspecified atom stereocenters. The molecule has 2 aromatic rings. The summed E-state index contributed by atoms with van der Waals surface area (Å²) in [7, 11) is 0. The first-order valence-corrected chi connectivity index (χ1v) is 5.10. The molecule has 82 valence electrons. The Bertz CT molecular complexity index is 502. The van der Waals surface area contributed by atoms with Gasteiger partial charge in [0, 0.05) is 18.1 Å². The molecule has 2 aromatic heterocycles. The molecule has 0 aromatic carbocycles. The summed E-state index contributed by atoms with van der Waals surface area (Å²) in [4.78, 5) is 14.9. The van der Waals surface area contributed by atoms with Crippen molar-refractivity contribution in [1.82, 2.24) is 14.8 Å². The number of pyridine rings is 1. The Labute approximate surface area is 93.9 Å². The minimum Gasteiger partial charge on any atom is -0.298 e. The van der Waals surface area contributed by atoms with Crippen LogP contribution < -0.4 is 0 Å². The molecule has 0 saturated heterocycles. The number of aryl methyl sites for hydroxylation is 1. The maximum Gasteiger partial charge on any atom is 0.153 e. The molecule has 0 aliphatic rings. The lowest BCUT2D eigenvalue weighted by Crippen LogP contribution is -2.04. The fraction of sp³-hybridized carbons (Fsp3) is 0.250. The number of nitrogens with zero attached hydrogens (tertiary/aromatic N) is 3. The molecule has 0 amide bonds. The fourth-order valence-electron chi connectivity index (χ4n) is 1.70. The standard InChI is InChI=1S/C12H13N3O/c1-9-12(8-16)10(2)15(14-9)7-11-4-3-5-13-6-11/h3-6,8H,7H2,1-2H3. The van der Waals surface area contributed by atoms with E-state index in [9.17, 15) is 4.79 Å². The Morgan fingerprint density at radius 3 is 2.81 bits per heavy atom. The van der Waals surface area contributed by atoms with Gasteiger partial charge in [0.1, 0.15) is 0 Å². The quantitative estimate of drug-likeness (QED) is 0.733. The van der Waals surface area contributed by atoms with Gasteiger partial charge < -0.3 is 0 Å². The van der Waals surface area contributed by atoms with Gasteiger partial charge in [-0.3, -0.25) is 14.5 Å². The zero-order chi connectivity index (χ0) is 11.5. The van der Waals surface area contributed by atoms with E-state index in [-0.39, 0.29) is 0 Å². The summed E-state index contributed by atoms with van der Waals surface area (Å²) in [5, 5.41) is 4.33. The van der Waals surface area contributed by atoms with Crippen molar-refractivity contribution in [3.8, 4) is 0 Å². The Kier molecular flexibility index (Phi) is 2.81. The van der Waals surface area contributed by atoms with Crippen molar-refractivity contribution in [2.75, 3.05) is 0 Å². The second-order valence-corrected chi connectivity index (χ2v) is 3.72. The van der Waals surface area contributed by atoms with Crippen LogP contribution in [-0.2, 0) is 6.54 Å². The molecular weight excluding hydrogens is 202 g/mol. The second kappa shape index (κ2) is 4.26. The van der Waals surface area contributed by atoms with Crippen molar-refractivity contribution in [3.63, 3.8) is 0 Å². The summed E-state index contributed by atoms with van der Waals surface area (Å²) in [6.45, 7) is 4.39. The van der Waals surface area contributed by atoms with Gasteiger partial charge in [0.05, 0.1) is 17.8 Å². The number of hydrogen-bond donors (Lipinski definition) is 0. The van der Waals surface area contributed by atoms with Crippen LogP contribution >= 0.6 is 0 Å². The van der Waals surface area contributed by atoms with Crippen LogP contribution in [0.3, 0.4) is 0 Å². The van der Waals surface area contributed by atoms with Crippen LogP contribution in [0.4, 0.5) is 0 Å². The largest absolute Gasteiger partial charge is 0.298 e. The molecular formula is C12H13N3O. The molecule has 0 saturated carbocycles. The first kappa shape index (κ1) is 10.5. The highest BCUT2D eigenvalue weighted by Gasteiger charge is 2.10. The van der Waals surface area contributed by atoms with E-state index in [1.807, 2.05) is 30.7 Å². The van der Waals surface area contributed by atoms with Gasteiger partial charge in [0.2, 0.25) is 0 Å². The Morgan fingerprint density at radius 2 is 2.25 bits per heavy atom. The Balaban J connectivity index is 2.32. The predicted octanol–water partition coefficient (Wildman–Crippen LogP) is 1.76. The van der Waals surface area contributed by atoms with Gasteiger partial charge in [-0.2, -0.15) is 5.10 Å². The van der Waals surface area contributed by atoms with Crippen LogP contribution in [0.5, 0.6) is 0 Å². The van der Waals surface area contributed by atoms with Crippen LogP contribution in [0.1, 0.15) is 27.3 Å². The van der Waals surface area contributed by atoms with E-state index in [1.165, 1.54) is 0 Å². The van der Waals surface area contributed by atoms with Gasteiger partial charge in [-0.1, -0.05) is 6.07 Å². The van der Waals surface area contributed by atoms with Crippen molar-refractivity contribution in [3.05, 3.63) is 47.0 Å². The summed E-state index contributed by atoms with van der Waals surface area (Å²) in [6.07, 6.45) is 4.40. The van der Waals surface area contributed by atoms with Crippen LogP contribution in [0.15, 0.2) is 24.5 Å². The van der Waals surface area contributed by atoms with Gasteiger partial charge in [-0.25, -0.2) is 0 Å². The first-order valence-electron chi connectivity index (χ1n) is 5.10. The van der Waals surface area contributed by atoms with Gasteiger partial charge in [-0.15, -0.1) is 0 Å². The summed E-state index contributed by atoms with van der Waals surface area (Å²) < 4.78 is 1.83. The third-order valence-electron chi connectivity index (χ3n) is 2.61. The van der Waals surface area contributed by atoms with Crippen molar-refractivity contribution >= 4 is 6.29 Å². The van der Waals surface area contributed by atoms with Crippen LogP contribution in [0.2, 0.25) is 0 Å². The first-order chi connectivity index (χ1) is 7.72. The topological polar surface area (TPSA) is 47.8 Å². The molecule has 0 atom stereocenters. The second-order valence-electron chi connectivity index (χ2n) is 3.72. The number of carbonyl (C=O) groups is 1. The van der Waals surface area contributed by atoms with E-state index >= 15 is 0 Å². The smallest absolute Gasteiger partial charge is 0.153 e. The highest BCUT2D eigenvalue weighted by molar-refractivity contribution is 5.78. The monoisotopic (exact) mass is 215 g/mol. The maximum atomic E-state index is 10.8. The normalized spacial score (nSPS) is 10.4. The highest BCUT2D eigenvalue weighted by atomic mass is 16.1. The van der Waals surface area contributed by atoms with Crippen molar-refractivity contribution in [1.29, 1.82) is 0 Å². The van der Waals surface area contributed by atoms with Gasteiger partial charge in [0.15, 0.2) is 6.29 Å². The van der Waals surface area contributed by atoms with E-state index in [0.717, 1.165) is 23.2 Å². The van der Waals surface area contributed by atoms with E-state index in [4.69, 9.17) is 0 Å². The predicted molar refractivity (Wildman–Crippen MR) is 60.4 cm³/mol. The lowest BCUT2D eigenvalue weighted by Gasteiger charge is -2.03. The molecule has 0 radical (unpaired) electrons. The van der Waals surface area contributed by atoms with E-state index < -0.39 is 0 Å². The molecule has 0 N–H and O–H groups in total. The van der Waals surface area contributed by atoms with Gasteiger partial charge in [-0.05, 0) is 25.5 Å². The summed E-state index contributed by atoms with van der Waals surface area (Å²) in [5.74, 6) is 0. The zero-order valence-corrected chi connectivity index (χ0v) is 9.34. The molecule has 2 rings (SSSR count). The van der Waals surface area contributed by atoms with Gasteiger partial charge in [0.25, 0.3) is 0 Å². The summed E-state index contributed by atoms with van der Waals surface area (Å²) >= 11 is 0. The number of hydrogen-bond acceptors (Lipinski definition) is 3. The number of rotatable bonds is 3. The molecule has 0 fully saturated rings.